The van der Waals surface area contributed by atoms with E-state index in [1.54, 1.807) is 0 Å². The van der Waals surface area contributed by atoms with Crippen molar-refractivity contribution < 1.29 is 5.11 Å². The van der Waals surface area contributed by atoms with E-state index in [1.807, 2.05) is 6.07 Å². The van der Waals surface area contributed by atoms with Crippen LogP contribution < -0.4 is 4.90 Å². The average molecular weight is 325 g/mol. The molecule has 0 unspecified atom stereocenters. The van der Waals surface area contributed by atoms with E-state index in [9.17, 15) is 5.11 Å². The summed E-state index contributed by atoms with van der Waals surface area (Å²) in [6.45, 7) is 7.56. The number of hydrogen-bond acceptors (Lipinski definition) is 2. The van der Waals surface area contributed by atoms with Gasteiger partial charge in [0.1, 0.15) is 5.75 Å². The zero-order chi connectivity index (χ0) is 17.4. The fourth-order valence-corrected chi connectivity index (χ4v) is 3.09. The van der Waals surface area contributed by atoms with Crippen molar-refractivity contribution in [1.29, 1.82) is 0 Å². The molecular formula is C22H31NO. The third kappa shape index (κ3) is 5.30. The van der Waals surface area contributed by atoms with Crippen molar-refractivity contribution in [2.45, 2.75) is 58.9 Å². The molecule has 0 heterocycles. The van der Waals surface area contributed by atoms with Crippen LogP contribution in [0, 0.1) is 0 Å². The lowest BCUT2D eigenvalue weighted by Gasteiger charge is -2.30. The Morgan fingerprint density at radius 2 is 1.62 bits per heavy atom. The van der Waals surface area contributed by atoms with Gasteiger partial charge in [-0.05, 0) is 62.8 Å². The highest BCUT2D eigenvalue weighted by molar-refractivity contribution is 5.60. The number of nitrogens with zero attached hydrogens (tertiary/aromatic N) is 1. The van der Waals surface area contributed by atoms with E-state index in [4.69, 9.17) is 0 Å². The van der Waals surface area contributed by atoms with Gasteiger partial charge in [0.15, 0.2) is 0 Å². The first-order valence-electron chi connectivity index (χ1n) is 9.24. The molecule has 0 atom stereocenters. The molecule has 2 rings (SSSR count). The molecule has 0 fully saturated rings. The largest absolute Gasteiger partial charge is 0.506 e. The van der Waals surface area contributed by atoms with Crippen LogP contribution in [0.3, 0.4) is 0 Å². The van der Waals surface area contributed by atoms with Crippen LogP contribution in [0.5, 0.6) is 5.75 Å². The van der Waals surface area contributed by atoms with Crippen molar-refractivity contribution in [3.8, 4) is 5.75 Å². The highest BCUT2D eigenvalue weighted by Gasteiger charge is 2.15. The molecule has 1 N–H and O–H groups in total. The summed E-state index contributed by atoms with van der Waals surface area (Å²) >= 11 is 0. The summed E-state index contributed by atoms with van der Waals surface area (Å²) in [4.78, 5) is 2.33. The Labute approximate surface area is 147 Å². The van der Waals surface area contributed by atoms with Gasteiger partial charge in [0.05, 0.1) is 5.69 Å². The maximum atomic E-state index is 10.4. The Kier molecular flexibility index (Phi) is 7.17. The molecule has 0 aromatic heterocycles. The van der Waals surface area contributed by atoms with Gasteiger partial charge in [-0.25, -0.2) is 0 Å². The van der Waals surface area contributed by atoms with Gasteiger partial charge in [-0.2, -0.15) is 0 Å². The lowest BCUT2D eigenvalue weighted by molar-refractivity contribution is 0.470. The van der Waals surface area contributed by atoms with Crippen molar-refractivity contribution in [2.24, 2.45) is 0 Å². The number of aromatic hydroxyl groups is 1. The summed E-state index contributed by atoms with van der Waals surface area (Å²) in [5.74, 6) is 0.392. The SMILES string of the molecule is CCCCc1ccc(O)c(N(CCCc2ccccc2)C(C)C)c1. The molecule has 0 bridgehead atoms. The third-order valence-electron chi connectivity index (χ3n) is 4.50. The molecule has 0 aliphatic rings. The fraction of sp³-hybridized carbons (Fsp3) is 0.455. The predicted molar refractivity (Wildman–Crippen MR) is 104 cm³/mol. The summed E-state index contributed by atoms with van der Waals surface area (Å²) in [6, 6.07) is 17.1. The Bertz CT molecular complexity index is 607. The van der Waals surface area contributed by atoms with Gasteiger partial charge in [-0.15, -0.1) is 0 Å². The monoisotopic (exact) mass is 325 g/mol. The summed E-state index contributed by atoms with van der Waals surface area (Å²) in [7, 11) is 0. The van der Waals surface area contributed by atoms with Crippen molar-refractivity contribution in [1.82, 2.24) is 0 Å². The van der Waals surface area contributed by atoms with Crippen LogP contribution in [-0.2, 0) is 12.8 Å². The minimum Gasteiger partial charge on any atom is -0.506 e. The zero-order valence-corrected chi connectivity index (χ0v) is 15.3. The van der Waals surface area contributed by atoms with E-state index in [0.29, 0.717) is 11.8 Å². The Morgan fingerprint density at radius 1 is 0.917 bits per heavy atom. The topological polar surface area (TPSA) is 23.5 Å². The number of phenolic OH excluding ortho intramolecular Hbond substituents is 1. The van der Waals surface area contributed by atoms with Crippen LogP contribution in [0.1, 0.15) is 51.2 Å². The number of benzene rings is 2. The van der Waals surface area contributed by atoms with Crippen LogP contribution in [0.2, 0.25) is 0 Å². The van der Waals surface area contributed by atoms with E-state index < -0.39 is 0 Å². The van der Waals surface area contributed by atoms with Gasteiger partial charge in [-0.3, -0.25) is 0 Å². The Balaban J connectivity index is 2.06. The van der Waals surface area contributed by atoms with E-state index in [-0.39, 0.29) is 0 Å². The lowest BCUT2D eigenvalue weighted by Crippen LogP contribution is -2.32. The van der Waals surface area contributed by atoms with Gasteiger partial charge in [0.25, 0.3) is 0 Å². The minimum atomic E-state index is 0.369. The third-order valence-corrected chi connectivity index (χ3v) is 4.50. The summed E-state index contributed by atoms with van der Waals surface area (Å²) < 4.78 is 0. The highest BCUT2D eigenvalue weighted by Crippen LogP contribution is 2.30. The first-order valence-corrected chi connectivity index (χ1v) is 9.24. The van der Waals surface area contributed by atoms with Gasteiger partial charge < -0.3 is 10.0 Å². The highest BCUT2D eigenvalue weighted by atomic mass is 16.3. The molecule has 2 nitrogen and oxygen atoms in total. The van der Waals surface area contributed by atoms with Crippen LogP contribution in [0.15, 0.2) is 48.5 Å². The zero-order valence-electron chi connectivity index (χ0n) is 15.3. The first kappa shape index (κ1) is 18.4. The number of hydrogen-bond donors (Lipinski definition) is 1. The molecule has 0 aliphatic heterocycles. The molecule has 0 aliphatic carbocycles. The van der Waals surface area contributed by atoms with E-state index in [1.165, 1.54) is 24.0 Å². The number of rotatable bonds is 9. The summed E-state index contributed by atoms with van der Waals surface area (Å²) in [6.07, 6.45) is 5.63. The molecule has 0 amide bonds. The summed E-state index contributed by atoms with van der Waals surface area (Å²) in [5, 5.41) is 10.4. The fourth-order valence-electron chi connectivity index (χ4n) is 3.09. The maximum absolute atomic E-state index is 10.4. The smallest absolute Gasteiger partial charge is 0.138 e. The van der Waals surface area contributed by atoms with Crippen LogP contribution in [0.4, 0.5) is 5.69 Å². The molecule has 2 aromatic carbocycles. The Hall–Kier alpha value is -1.96. The second-order valence-corrected chi connectivity index (χ2v) is 6.80. The maximum Gasteiger partial charge on any atom is 0.138 e. The second-order valence-electron chi connectivity index (χ2n) is 6.80. The lowest BCUT2D eigenvalue weighted by atomic mass is 10.1. The van der Waals surface area contributed by atoms with E-state index in [0.717, 1.165) is 31.5 Å². The van der Waals surface area contributed by atoms with Crippen LogP contribution in [0.25, 0.3) is 0 Å². The van der Waals surface area contributed by atoms with Gasteiger partial charge in [-0.1, -0.05) is 49.7 Å². The van der Waals surface area contributed by atoms with Gasteiger partial charge in [0.2, 0.25) is 0 Å². The molecule has 0 radical (unpaired) electrons. The number of unbranched alkanes of at least 4 members (excludes halogenated alkanes) is 1. The quantitative estimate of drug-likeness (QED) is 0.650. The molecule has 24 heavy (non-hydrogen) atoms. The average Bonchev–Trinajstić information content (AvgIpc) is 2.59. The number of phenols is 1. The molecule has 0 saturated carbocycles. The normalized spacial score (nSPS) is 11.0. The van der Waals surface area contributed by atoms with Crippen molar-refractivity contribution >= 4 is 5.69 Å². The minimum absolute atomic E-state index is 0.369. The number of anilines is 1. The Morgan fingerprint density at radius 3 is 2.29 bits per heavy atom. The van der Waals surface area contributed by atoms with Crippen molar-refractivity contribution in [2.75, 3.05) is 11.4 Å². The van der Waals surface area contributed by atoms with Crippen molar-refractivity contribution in [3.63, 3.8) is 0 Å². The molecular weight excluding hydrogens is 294 g/mol. The second kappa shape index (κ2) is 9.36. The molecule has 2 heteroatoms. The molecule has 2 aromatic rings. The first-order chi connectivity index (χ1) is 11.6. The standard InChI is InChI=1S/C22H31NO/c1-4-5-10-20-14-15-22(24)21(17-20)23(18(2)3)16-9-13-19-11-7-6-8-12-19/h6-8,11-12,14-15,17-18,24H,4-5,9-10,13,16H2,1-3H3. The predicted octanol–water partition coefficient (Wildman–Crippen LogP) is 5.58. The summed E-state index contributed by atoms with van der Waals surface area (Å²) in [5.41, 5.74) is 3.67. The van der Waals surface area contributed by atoms with Crippen LogP contribution in [-0.4, -0.2) is 17.7 Å². The van der Waals surface area contributed by atoms with Crippen LogP contribution >= 0.6 is 0 Å². The molecule has 0 spiro atoms. The van der Waals surface area contributed by atoms with E-state index in [2.05, 4.69) is 68.1 Å². The van der Waals surface area contributed by atoms with Gasteiger partial charge >= 0.3 is 0 Å². The van der Waals surface area contributed by atoms with E-state index >= 15 is 0 Å². The molecule has 0 saturated heterocycles. The van der Waals surface area contributed by atoms with Crippen molar-refractivity contribution in [3.05, 3.63) is 59.7 Å². The van der Waals surface area contributed by atoms with Gasteiger partial charge in [0, 0.05) is 12.6 Å². The molecule has 130 valence electrons. The number of aryl methyl sites for hydroxylation is 2.